The molecule has 0 amide bonds. The molecule has 0 saturated carbocycles. The van der Waals surface area contributed by atoms with Gasteiger partial charge in [-0.05, 0) is 18.2 Å². The molecule has 0 radical (unpaired) electrons. The van der Waals surface area contributed by atoms with Crippen LogP contribution in [0.4, 0.5) is 0 Å². The van der Waals surface area contributed by atoms with E-state index in [2.05, 4.69) is 0 Å². The number of benzene rings is 2. The lowest BCUT2D eigenvalue weighted by Crippen LogP contribution is -2.11. The summed E-state index contributed by atoms with van der Waals surface area (Å²) in [4.78, 5) is 23.0. The number of carbonyl (C=O) groups is 2. The lowest BCUT2D eigenvalue weighted by molar-refractivity contribution is -0.113. The van der Waals surface area contributed by atoms with Crippen LogP contribution in [0.5, 0.6) is 5.75 Å². The molecule has 0 bridgehead atoms. The van der Waals surface area contributed by atoms with Gasteiger partial charge in [-0.15, -0.1) is 0 Å². The third-order valence-electron chi connectivity index (χ3n) is 2.79. The van der Waals surface area contributed by atoms with E-state index >= 15 is 0 Å². The molecule has 0 fully saturated rings. The second-order valence-electron chi connectivity index (χ2n) is 4.26. The minimum absolute atomic E-state index is 0.238. The quantitative estimate of drug-likeness (QED) is 0.622. The molecule has 0 aliphatic carbocycles. The van der Waals surface area contributed by atoms with Crippen molar-refractivity contribution in [2.24, 2.45) is 0 Å². The lowest BCUT2D eigenvalue weighted by atomic mass is 10.1. The van der Waals surface area contributed by atoms with E-state index in [0.717, 1.165) is 5.56 Å². The standard InChI is InChI=1S/C16H13ClO3/c1-11(18)16(19)13-7-3-5-9-15(13)20-10-12-6-2-4-8-14(12)17/h2-9H,10H2,1H3. The van der Waals surface area contributed by atoms with E-state index in [9.17, 15) is 9.59 Å². The summed E-state index contributed by atoms with van der Waals surface area (Å²) in [6.07, 6.45) is 0. The molecule has 0 aromatic heterocycles. The van der Waals surface area contributed by atoms with Crippen LogP contribution >= 0.6 is 11.6 Å². The van der Waals surface area contributed by atoms with E-state index < -0.39 is 11.6 Å². The average Bonchev–Trinajstić information content (AvgIpc) is 2.46. The molecule has 4 heteroatoms. The first-order valence-electron chi connectivity index (χ1n) is 6.10. The SMILES string of the molecule is CC(=O)C(=O)c1ccccc1OCc1ccccc1Cl. The van der Waals surface area contributed by atoms with Crippen LogP contribution in [-0.2, 0) is 11.4 Å². The van der Waals surface area contributed by atoms with Gasteiger partial charge < -0.3 is 4.74 Å². The van der Waals surface area contributed by atoms with E-state index in [4.69, 9.17) is 16.3 Å². The first-order chi connectivity index (χ1) is 9.59. The molecular formula is C16H13ClO3. The summed E-state index contributed by atoms with van der Waals surface area (Å²) >= 11 is 6.04. The molecule has 0 aliphatic heterocycles. The first kappa shape index (κ1) is 14.3. The molecule has 0 atom stereocenters. The topological polar surface area (TPSA) is 43.4 Å². The molecule has 102 valence electrons. The van der Waals surface area contributed by atoms with Crippen LogP contribution in [0.2, 0.25) is 5.02 Å². The monoisotopic (exact) mass is 288 g/mol. The van der Waals surface area contributed by atoms with Crippen molar-refractivity contribution in [3.8, 4) is 5.75 Å². The van der Waals surface area contributed by atoms with Crippen molar-refractivity contribution in [2.75, 3.05) is 0 Å². The van der Waals surface area contributed by atoms with Gasteiger partial charge in [-0.3, -0.25) is 9.59 Å². The molecule has 2 aromatic carbocycles. The van der Waals surface area contributed by atoms with E-state index in [1.54, 1.807) is 30.3 Å². The van der Waals surface area contributed by atoms with E-state index in [0.29, 0.717) is 10.8 Å². The molecule has 0 spiro atoms. The Morgan fingerprint density at radius 3 is 2.40 bits per heavy atom. The highest BCUT2D eigenvalue weighted by Crippen LogP contribution is 2.22. The molecule has 0 N–H and O–H groups in total. The number of rotatable bonds is 5. The molecule has 2 aromatic rings. The fourth-order valence-electron chi connectivity index (χ4n) is 1.74. The predicted molar refractivity (Wildman–Crippen MR) is 77.2 cm³/mol. The van der Waals surface area contributed by atoms with Crippen LogP contribution in [0.1, 0.15) is 22.8 Å². The van der Waals surface area contributed by atoms with Crippen LogP contribution in [0.25, 0.3) is 0 Å². The zero-order chi connectivity index (χ0) is 14.5. The first-order valence-corrected chi connectivity index (χ1v) is 6.48. The maximum Gasteiger partial charge on any atom is 0.231 e. The van der Waals surface area contributed by atoms with Gasteiger partial charge in [0.25, 0.3) is 0 Å². The van der Waals surface area contributed by atoms with Crippen LogP contribution in [0.3, 0.4) is 0 Å². The zero-order valence-corrected chi connectivity index (χ0v) is 11.7. The number of hydrogen-bond donors (Lipinski definition) is 0. The highest BCUT2D eigenvalue weighted by Gasteiger charge is 2.16. The smallest absolute Gasteiger partial charge is 0.231 e. The Labute approximate surface area is 122 Å². The van der Waals surface area contributed by atoms with Gasteiger partial charge in [-0.1, -0.05) is 41.9 Å². The third kappa shape index (κ3) is 3.25. The average molecular weight is 289 g/mol. The molecule has 0 unspecified atom stereocenters. The number of para-hydroxylation sites is 1. The van der Waals surface area contributed by atoms with Gasteiger partial charge in [0.1, 0.15) is 12.4 Å². The van der Waals surface area contributed by atoms with Gasteiger partial charge in [0.15, 0.2) is 5.78 Å². The Kier molecular flexibility index (Phi) is 4.53. The lowest BCUT2D eigenvalue weighted by Gasteiger charge is -2.10. The highest BCUT2D eigenvalue weighted by atomic mass is 35.5. The number of ether oxygens (including phenoxy) is 1. The van der Waals surface area contributed by atoms with E-state index in [1.165, 1.54) is 6.92 Å². The van der Waals surface area contributed by atoms with Gasteiger partial charge in [-0.2, -0.15) is 0 Å². The summed E-state index contributed by atoms with van der Waals surface area (Å²) in [5.74, 6) is -0.689. The Morgan fingerprint density at radius 1 is 1.05 bits per heavy atom. The molecule has 20 heavy (non-hydrogen) atoms. The van der Waals surface area contributed by atoms with Gasteiger partial charge in [-0.25, -0.2) is 0 Å². The molecule has 0 saturated heterocycles. The minimum atomic E-state index is -0.556. The van der Waals surface area contributed by atoms with Gasteiger partial charge >= 0.3 is 0 Å². The van der Waals surface area contributed by atoms with Crippen LogP contribution in [-0.4, -0.2) is 11.6 Å². The van der Waals surface area contributed by atoms with Gasteiger partial charge in [0.05, 0.1) is 5.56 Å². The largest absolute Gasteiger partial charge is 0.488 e. The highest BCUT2D eigenvalue weighted by molar-refractivity contribution is 6.43. The molecule has 3 nitrogen and oxygen atoms in total. The Balaban J connectivity index is 2.20. The zero-order valence-electron chi connectivity index (χ0n) is 10.9. The van der Waals surface area contributed by atoms with Crippen molar-refractivity contribution in [1.82, 2.24) is 0 Å². The Hall–Kier alpha value is -2.13. The summed E-state index contributed by atoms with van der Waals surface area (Å²) < 4.78 is 5.62. The molecule has 2 rings (SSSR count). The van der Waals surface area contributed by atoms with Crippen molar-refractivity contribution in [3.63, 3.8) is 0 Å². The van der Waals surface area contributed by atoms with Crippen molar-refractivity contribution < 1.29 is 14.3 Å². The Morgan fingerprint density at radius 2 is 1.70 bits per heavy atom. The second-order valence-corrected chi connectivity index (χ2v) is 4.67. The van der Waals surface area contributed by atoms with Gasteiger partial charge in [0.2, 0.25) is 5.78 Å². The number of hydrogen-bond acceptors (Lipinski definition) is 3. The fourth-order valence-corrected chi connectivity index (χ4v) is 1.93. The van der Waals surface area contributed by atoms with Crippen LogP contribution in [0, 0.1) is 0 Å². The van der Waals surface area contributed by atoms with Crippen LogP contribution < -0.4 is 4.74 Å². The minimum Gasteiger partial charge on any atom is -0.488 e. The van der Waals surface area contributed by atoms with Crippen molar-refractivity contribution in [2.45, 2.75) is 13.5 Å². The van der Waals surface area contributed by atoms with Crippen molar-refractivity contribution >= 4 is 23.2 Å². The molecular weight excluding hydrogens is 276 g/mol. The maximum absolute atomic E-state index is 11.8. The molecule has 0 aliphatic rings. The molecule has 0 heterocycles. The Bertz CT molecular complexity index is 650. The normalized spacial score (nSPS) is 10.1. The summed E-state index contributed by atoms with van der Waals surface area (Å²) in [6.45, 7) is 1.48. The summed E-state index contributed by atoms with van der Waals surface area (Å²) in [6, 6.07) is 14.0. The fraction of sp³-hybridized carbons (Fsp3) is 0.125. The van der Waals surface area contributed by atoms with E-state index in [1.807, 2.05) is 18.2 Å². The summed E-state index contributed by atoms with van der Waals surface area (Å²) in [7, 11) is 0. The number of ketones is 2. The number of halogens is 1. The second kappa shape index (κ2) is 6.35. The summed E-state index contributed by atoms with van der Waals surface area (Å²) in [5, 5.41) is 0.600. The third-order valence-corrected chi connectivity index (χ3v) is 3.16. The predicted octanol–water partition coefficient (Wildman–Crippen LogP) is 3.69. The summed E-state index contributed by atoms with van der Waals surface area (Å²) in [5.41, 5.74) is 1.09. The van der Waals surface area contributed by atoms with Crippen molar-refractivity contribution in [1.29, 1.82) is 0 Å². The van der Waals surface area contributed by atoms with Crippen LogP contribution in [0.15, 0.2) is 48.5 Å². The maximum atomic E-state index is 11.8. The van der Waals surface area contributed by atoms with Crippen molar-refractivity contribution in [3.05, 3.63) is 64.7 Å². The number of carbonyl (C=O) groups excluding carboxylic acids is 2. The van der Waals surface area contributed by atoms with E-state index in [-0.39, 0.29) is 12.2 Å². The van der Waals surface area contributed by atoms with Gasteiger partial charge in [0, 0.05) is 17.5 Å². The number of Topliss-reactive ketones (excluding diaryl/α,β-unsaturated/α-hetero) is 2.